The van der Waals surface area contributed by atoms with Gasteiger partial charge >= 0.3 is 5.97 Å². The number of rotatable bonds is 3. The van der Waals surface area contributed by atoms with Crippen LogP contribution in [0.2, 0.25) is 0 Å². The summed E-state index contributed by atoms with van der Waals surface area (Å²) < 4.78 is 11.1. The Labute approximate surface area is 124 Å². The molecule has 3 aliphatic heterocycles. The number of nitrogens with one attached hydrogen (secondary N) is 1. The minimum atomic E-state index is -0.849. The summed E-state index contributed by atoms with van der Waals surface area (Å²) in [5.41, 5.74) is 0. The molecule has 0 spiro atoms. The second-order valence-corrected chi connectivity index (χ2v) is 6.38. The third kappa shape index (κ3) is 3.37. The lowest BCUT2D eigenvalue weighted by Gasteiger charge is -2.30. The lowest BCUT2D eigenvalue weighted by Crippen LogP contribution is -2.47. The quantitative estimate of drug-likeness (QED) is 0.810. The van der Waals surface area contributed by atoms with Gasteiger partial charge in [-0.25, -0.2) is 0 Å². The van der Waals surface area contributed by atoms with E-state index < -0.39 is 11.9 Å². The van der Waals surface area contributed by atoms with Gasteiger partial charge in [-0.1, -0.05) is 0 Å². The molecule has 6 nitrogen and oxygen atoms in total. The van der Waals surface area contributed by atoms with E-state index in [1.165, 1.54) is 0 Å². The molecule has 2 N–H and O–H groups in total. The van der Waals surface area contributed by atoms with Gasteiger partial charge in [0.05, 0.1) is 18.1 Å². The molecule has 0 saturated carbocycles. The summed E-state index contributed by atoms with van der Waals surface area (Å²) in [7, 11) is 0. The highest BCUT2D eigenvalue weighted by Gasteiger charge is 2.39. The van der Waals surface area contributed by atoms with Crippen molar-refractivity contribution in [1.82, 2.24) is 5.32 Å². The van der Waals surface area contributed by atoms with E-state index in [2.05, 4.69) is 5.32 Å². The van der Waals surface area contributed by atoms with Crippen molar-refractivity contribution in [3.63, 3.8) is 0 Å². The second-order valence-electron chi connectivity index (χ2n) is 6.38. The summed E-state index contributed by atoms with van der Waals surface area (Å²) >= 11 is 0. The number of ether oxygens (including phenoxy) is 2. The second kappa shape index (κ2) is 6.32. The first-order valence-electron chi connectivity index (χ1n) is 7.90. The number of carboxylic acids is 1. The maximum atomic E-state index is 12.5. The average molecular weight is 297 g/mol. The van der Waals surface area contributed by atoms with E-state index in [0.29, 0.717) is 26.1 Å². The normalized spacial score (nSPS) is 39.5. The van der Waals surface area contributed by atoms with Crippen LogP contribution in [0.25, 0.3) is 0 Å². The molecule has 0 aromatic carbocycles. The highest BCUT2D eigenvalue weighted by atomic mass is 16.5. The van der Waals surface area contributed by atoms with Crippen molar-refractivity contribution in [2.45, 2.75) is 56.8 Å². The highest BCUT2D eigenvalue weighted by molar-refractivity contribution is 5.80. The molecule has 5 atom stereocenters. The van der Waals surface area contributed by atoms with Crippen LogP contribution in [0.4, 0.5) is 0 Å². The van der Waals surface area contributed by atoms with Gasteiger partial charge in [0.25, 0.3) is 0 Å². The van der Waals surface area contributed by atoms with Crippen molar-refractivity contribution in [3.05, 3.63) is 0 Å². The molecule has 3 aliphatic rings. The van der Waals surface area contributed by atoms with Crippen molar-refractivity contribution in [1.29, 1.82) is 0 Å². The van der Waals surface area contributed by atoms with Crippen LogP contribution in [0.5, 0.6) is 0 Å². The van der Waals surface area contributed by atoms with Crippen molar-refractivity contribution in [3.8, 4) is 0 Å². The van der Waals surface area contributed by atoms with E-state index in [1.54, 1.807) is 0 Å². The van der Waals surface area contributed by atoms with E-state index in [4.69, 9.17) is 9.47 Å². The number of hydrogen-bond acceptors (Lipinski definition) is 4. The zero-order valence-corrected chi connectivity index (χ0v) is 12.1. The third-order valence-corrected chi connectivity index (χ3v) is 4.94. The monoisotopic (exact) mass is 297 g/mol. The number of carbonyl (C=O) groups excluding carboxylic acids is 1. The Hall–Kier alpha value is -1.14. The van der Waals surface area contributed by atoms with E-state index >= 15 is 0 Å². The molecule has 3 fully saturated rings. The van der Waals surface area contributed by atoms with Gasteiger partial charge in [-0.2, -0.15) is 0 Å². The molecule has 3 saturated heterocycles. The van der Waals surface area contributed by atoms with Crippen LogP contribution in [-0.4, -0.2) is 48.4 Å². The minimum Gasteiger partial charge on any atom is -0.481 e. The standard InChI is InChI=1S/C15H23NO5/c17-14(9-7-10-1-2-11(8-9)21-10)16-13-4-6-20-5-3-12(13)15(18)19/h9-13H,1-8H2,(H,16,17)(H,18,19)/t9?,10-,11+,12-,13-/m1/s1. The third-order valence-electron chi connectivity index (χ3n) is 4.94. The summed E-state index contributed by atoms with van der Waals surface area (Å²) in [6, 6.07) is -0.321. The molecule has 0 aliphatic carbocycles. The number of amides is 1. The highest BCUT2D eigenvalue weighted by Crippen LogP contribution is 2.36. The van der Waals surface area contributed by atoms with E-state index in [9.17, 15) is 14.7 Å². The van der Waals surface area contributed by atoms with Gasteiger partial charge in [0, 0.05) is 25.2 Å². The van der Waals surface area contributed by atoms with E-state index in [1.807, 2.05) is 0 Å². The van der Waals surface area contributed by atoms with Gasteiger partial charge in [0.15, 0.2) is 0 Å². The predicted molar refractivity (Wildman–Crippen MR) is 73.7 cm³/mol. The molecule has 21 heavy (non-hydrogen) atoms. The van der Waals surface area contributed by atoms with Crippen molar-refractivity contribution in [2.24, 2.45) is 11.8 Å². The molecule has 1 unspecified atom stereocenters. The Morgan fingerprint density at radius 2 is 1.67 bits per heavy atom. The molecule has 0 radical (unpaired) electrons. The fourth-order valence-electron chi connectivity index (χ4n) is 3.77. The summed E-state index contributed by atoms with van der Waals surface area (Å²) in [5, 5.41) is 12.3. The number of carbonyl (C=O) groups is 2. The van der Waals surface area contributed by atoms with Gasteiger partial charge in [-0.3, -0.25) is 9.59 Å². The maximum absolute atomic E-state index is 12.5. The van der Waals surface area contributed by atoms with Crippen LogP contribution >= 0.6 is 0 Å². The molecule has 3 rings (SSSR count). The minimum absolute atomic E-state index is 0.00616. The molecule has 3 heterocycles. The van der Waals surface area contributed by atoms with Crippen molar-refractivity contribution < 1.29 is 24.2 Å². The summed E-state index contributed by atoms with van der Waals surface area (Å²) in [4.78, 5) is 23.8. The van der Waals surface area contributed by atoms with Gasteiger partial charge in [0.2, 0.25) is 5.91 Å². The van der Waals surface area contributed by atoms with E-state index in [0.717, 1.165) is 25.7 Å². The molecule has 2 bridgehead atoms. The van der Waals surface area contributed by atoms with Gasteiger partial charge in [-0.15, -0.1) is 0 Å². The Morgan fingerprint density at radius 1 is 1.00 bits per heavy atom. The fraction of sp³-hybridized carbons (Fsp3) is 0.867. The first-order valence-corrected chi connectivity index (χ1v) is 7.90. The zero-order valence-electron chi connectivity index (χ0n) is 12.1. The largest absolute Gasteiger partial charge is 0.481 e. The van der Waals surface area contributed by atoms with Crippen LogP contribution in [0, 0.1) is 11.8 Å². The lowest BCUT2D eigenvalue weighted by atomic mass is 9.91. The molecule has 0 aromatic rings. The van der Waals surface area contributed by atoms with Crippen LogP contribution in [0.3, 0.4) is 0 Å². The first-order chi connectivity index (χ1) is 10.1. The predicted octanol–water partition coefficient (Wildman–Crippen LogP) is 0.940. The van der Waals surface area contributed by atoms with Crippen LogP contribution in [0.1, 0.15) is 38.5 Å². The van der Waals surface area contributed by atoms with Gasteiger partial charge in [0.1, 0.15) is 0 Å². The molecule has 118 valence electrons. The SMILES string of the molecule is O=C(N[C@@H]1CCOCC[C@H]1C(=O)O)C1C[C@H]2CC[C@@H](C1)O2. The Bertz CT molecular complexity index is 401. The smallest absolute Gasteiger partial charge is 0.308 e. The Balaban J connectivity index is 1.60. The number of hydrogen-bond donors (Lipinski definition) is 2. The fourth-order valence-corrected chi connectivity index (χ4v) is 3.77. The molecule has 1 amide bonds. The van der Waals surface area contributed by atoms with Gasteiger partial charge in [-0.05, 0) is 38.5 Å². The number of carboxylic acid groups (broad SMARTS) is 1. The lowest BCUT2D eigenvalue weighted by molar-refractivity contribution is -0.143. The number of aliphatic carboxylic acids is 1. The molecular weight excluding hydrogens is 274 g/mol. The Kier molecular flexibility index (Phi) is 4.45. The van der Waals surface area contributed by atoms with Crippen LogP contribution < -0.4 is 5.32 Å². The average Bonchev–Trinajstić information content (AvgIpc) is 2.66. The topological polar surface area (TPSA) is 84.9 Å². The van der Waals surface area contributed by atoms with E-state index in [-0.39, 0.29) is 30.1 Å². The van der Waals surface area contributed by atoms with Crippen molar-refractivity contribution in [2.75, 3.05) is 13.2 Å². The van der Waals surface area contributed by atoms with Crippen LogP contribution in [-0.2, 0) is 19.1 Å². The Morgan fingerprint density at radius 3 is 2.33 bits per heavy atom. The summed E-state index contributed by atoms with van der Waals surface area (Å²) in [6.45, 7) is 0.957. The number of fused-ring (bicyclic) bond motifs is 2. The zero-order chi connectivity index (χ0) is 14.8. The summed E-state index contributed by atoms with van der Waals surface area (Å²) in [5.74, 6) is -1.44. The first kappa shape index (κ1) is 14.8. The molecular formula is C15H23NO5. The van der Waals surface area contributed by atoms with Gasteiger partial charge < -0.3 is 19.9 Å². The molecule has 0 aromatic heterocycles. The molecule has 6 heteroatoms. The summed E-state index contributed by atoms with van der Waals surface area (Å²) in [6.07, 6.45) is 5.08. The maximum Gasteiger partial charge on any atom is 0.308 e. The van der Waals surface area contributed by atoms with Crippen LogP contribution in [0.15, 0.2) is 0 Å². The van der Waals surface area contributed by atoms with Crippen molar-refractivity contribution >= 4 is 11.9 Å².